The summed E-state index contributed by atoms with van der Waals surface area (Å²) >= 11 is 0. The second-order valence-corrected chi connectivity index (χ2v) is 5.70. The maximum atomic E-state index is 11.8. The Kier molecular flexibility index (Phi) is 3.60. The fourth-order valence-corrected chi connectivity index (χ4v) is 2.47. The van der Waals surface area contributed by atoms with Crippen LogP contribution in [0.15, 0.2) is 24.3 Å². The molecule has 4 heteroatoms. The Balaban J connectivity index is 1.80. The predicted octanol–water partition coefficient (Wildman–Crippen LogP) is 1.91. The van der Waals surface area contributed by atoms with E-state index < -0.39 is 11.4 Å². The molecule has 0 aromatic heterocycles. The average Bonchev–Trinajstić information content (AvgIpc) is 2.29. The lowest BCUT2D eigenvalue weighted by Gasteiger charge is -2.41. The van der Waals surface area contributed by atoms with Crippen LogP contribution >= 0.6 is 0 Å². The van der Waals surface area contributed by atoms with Gasteiger partial charge in [0.2, 0.25) is 5.91 Å². The van der Waals surface area contributed by atoms with Crippen LogP contribution in [-0.2, 0) is 16.0 Å². The zero-order valence-corrected chi connectivity index (χ0v) is 11.3. The topological polar surface area (TPSA) is 66.4 Å². The molecule has 0 atom stereocenters. The SMILES string of the molecule is Cc1ccc(CC(=O)NC2CC(C)(C(=O)O)C2)cc1. The Morgan fingerprint density at radius 3 is 2.42 bits per heavy atom. The van der Waals surface area contributed by atoms with Gasteiger partial charge in [-0.25, -0.2) is 0 Å². The summed E-state index contributed by atoms with van der Waals surface area (Å²) in [4.78, 5) is 22.8. The molecule has 1 aromatic carbocycles. The molecule has 0 spiro atoms. The summed E-state index contributed by atoms with van der Waals surface area (Å²) in [6, 6.07) is 7.84. The molecule has 0 unspecified atom stereocenters. The maximum Gasteiger partial charge on any atom is 0.309 e. The third-order valence-corrected chi connectivity index (χ3v) is 3.76. The van der Waals surface area contributed by atoms with Crippen molar-refractivity contribution in [2.45, 2.75) is 39.2 Å². The van der Waals surface area contributed by atoms with Crippen LogP contribution in [-0.4, -0.2) is 23.0 Å². The van der Waals surface area contributed by atoms with Crippen molar-refractivity contribution in [1.82, 2.24) is 5.32 Å². The maximum absolute atomic E-state index is 11.8. The van der Waals surface area contributed by atoms with Crippen molar-refractivity contribution < 1.29 is 14.7 Å². The molecular formula is C15H19NO3. The number of hydrogen-bond donors (Lipinski definition) is 2. The van der Waals surface area contributed by atoms with E-state index in [-0.39, 0.29) is 11.9 Å². The van der Waals surface area contributed by atoms with Gasteiger partial charge in [0.25, 0.3) is 0 Å². The quantitative estimate of drug-likeness (QED) is 0.870. The number of carboxylic acid groups (broad SMARTS) is 1. The summed E-state index contributed by atoms with van der Waals surface area (Å²) < 4.78 is 0. The number of carbonyl (C=O) groups is 2. The van der Waals surface area contributed by atoms with Crippen LogP contribution in [0.5, 0.6) is 0 Å². The minimum Gasteiger partial charge on any atom is -0.481 e. The van der Waals surface area contributed by atoms with E-state index in [1.807, 2.05) is 31.2 Å². The third-order valence-electron chi connectivity index (χ3n) is 3.76. The molecule has 2 N–H and O–H groups in total. The van der Waals surface area contributed by atoms with Crippen LogP contribution in [0.2, 0.25) is 0 Å². The lowest BCUT2D eigenvalue weighted by Crippen LogP contribution is -2.53. The molecule has 0 saturated heterocycles. The van der Waals surface area contributed by atoms with Crippen LogP contribution in [0.3, 0.4) is 0 Å². The lowest BCUT2D eigenvalue weighted by atomic mass is 9.67. The van der Waals surface area contributed by atoms with Gasteiger partial charge >= 0.3 is 5.97 Å². The van der Waals surface area contributed by atoms with Crippen molar-refractivity contribution in [2.24, 2.45) is 5.41 Å². The number of benzene rings is 1. The van der Waals surface area contributed by atoms with E-state index in [1.165, 1.54) is 5.56 Å². The molecule has 0 heterocycles. The van der Waals surface area contributed by atoms with E-state index in [9.17, 15) is 9.59 Å². The van der Waals surface area contributed by atoms with Crippen LogP contribution in [0, 0.1) is 12.3 Å². The normalized spacial score (nSPS) is 25.5. The first-order valence-electron chi connectivity index (χ1n) is 6.47. The van der Waals surface area contributed by atoms with E-state index in [0.29, 0.717) is 19.3 Å². The molecule has 1 aromatic rings. The van der Waals surface area contributed by atoms with Crippen molar-refractivity contribution >= 4 is 11.9 Å². The van der Waals surface area contributed by atoms with Crippen molar-refractivity contribution in [1.29, 1.82) is 0 Å². The van der Waals surface area contributed by atoms with Gasteiger partial charge in [0.15, 0.2) is 0 Å². The molecular weight excluding hydrogens is 242 g/mol. The molecule has 19 heavy (non-hydrogen) atoms. The highest BCUT2D eigenvalue weighted by atomic mass is 16.4. The van der Waals surface area contributed by atoms with Crippen molar-refractivity contribution in [3.63, 3.8) is 0 Å². The number of nitrogens with one attached hydrogen (secondary N) is 1. The zero-order valence-electron chi connectivity index (χ0n) is 11.3. The summed E-state index contributed by atoms with van der Waals surface area (Å²) in [5.74, 6) is -0.821. The molecule has 1 saturated carbocycles. The summed E-state index contributed by atoms with van der Waals surface area (Å²) in [5, 5.41) is 11.9. The molecule has 0 aliphatic heterocycles. The fourth-order valence-electron chi connectivity index (χ4n) is 2.47. The van der Waals surface area contributed by atoms with Gasteiger partial charge in [-0.05, 0) is 32.3 Å². The largest absolute Gasteiger partial charge is 0.481 e. The van der Waals surface area contributed by atoms with E-state index in [1.54, 1.807) is 6.92 Å². The van der Waals surface area contributed by atoms with Gasteiger partial charge in [0.1, 0.15) is 0 Å². The van der Waals surface area contributed by atoms with E-state index in [4.69, 9.17) is 5.11 Å². The first kappa shape index (κ1) is 13.6. The number of carbonyl (C=O) groups excluding carboxylic acids is 1. The van der Waals surface area contributed by atoms with Gasteiger partial charge in [-0.15, -0.1) is 0 Å². The van der Waals surface area contributed by atoms with Crippen LogP contribution in [0.1, 0.15) is 30.9 Å². The number of rotatable bonds is 4. The van der Waals surface area contributed by atoms with Gasteiger partial charge in [-0.3, -0.25) is 9.59 Å². The average molecular weight is 261 g/mol. The second-order valence-electron chi connectivity index (χ2n) is 5.70. The Bertz CT molecular complexity index is 487. The van der Waals surface area contributed by atoms with Crippen LogP contribution < -0.4 is 5.32 Å². The lowest BCUT2D eigenvalue weighted by molar-refractivity contribution is -0.155. The van der Waals surface area contributed by atoms with Crippen LogP contribution in [0.25, 0.3) is 0 Å². The van der Waals surface area contributed by atoms with Gasteiger partial charge in [0, 0.05) is 6.04 Å². The van der Waals surface area contributed by atoms with Gasteiger partial charge in [-0.1, -0.05) is 29.8 Å². The highest BCUT2D eigenvalue weighted by molar-refractivity contribution is 5.80. The number of aryl methyl sites for hydroxylation is 1. The Morgan fingerprint density at radius 1 is 1.32 bits per heavy atom. The highest BCUT2D eigenvalue weighted by Gasteiger charge is 2.46. The minimum absolute atomic E-state index is 0.000881. The molecule has 2 rings (SSSR count). The Morgan fingerprint density at radius 2 is 1.89 bits per heavy atom. The first-order valence-corrected chi connectivity index (χ1v) is 6.47. The standard InChI is InChI=1S/C15H19NO3/c1-10-3-5-11(6-4-10)7-13(17)16-12-8-15(2,9-12)14(18)19/h3-6,12H,7-9H2,1-2H3,(H,16,17)(H,18,19). The van der Waals surface area contributed by atoms with Crippen molar-refractivity contribution in [3.05, 3.63) is 35.4 Å². The van der Waals surface area contributed by atoms with Gasteiger partial charge in [-0.2, -0.15) is 0 Å². The number of amides is 1. The fraction of sp³-hybridized carbons (Fsp3) is 0.467. The number of carboxylic acids is 1. The Labute approximate surface area is 112 Å². The molecule has 1 amide bonds. The van der Waals surface area contributed by atoms with E-state index in [2.05, 4.69) is 5.32 Å². The molecule has 1 aliphatic carbocycles. The highest BCUT2D eigenvalue weighted by Crippen LogP contribution is 2.40. The van der Waals surface area contributed by atoms with Gasteiger partial charge < -0.3 is 10.4 Å². The van der Waals surface area contributed by atoms with E-state index in [0.717, 1.165) is 5.56 Å². The van der Waals surface area contributed by atoms with Crippen LogP contribution in [0.4, 0.5) is 0 Å². The molecule has 0 bridgehead atoms. The monoisotopic (exact) mass is 261 g/mol. The molecule has 1 fully saturated rings. The smallest absolute Gasteiger partial charge is 0.309 e. The van der Waals surface area contributed by atoms with Crippen molar-refractivity contribution in [3.8, 4) is 0 Å². The second kappa shape index (κ2) is 5.03. The zero-order chi connectivity index (χ0) is 14.0. The minimum atomic E-state index is -0.781. The summed E-state index contributed by atoms with van der Waals surface area (Å²) in [6.07, 6.45) is 1.38. The summed E-state index contributed by atoms with van der Waals surface area (Å²) in [7, 11) is 0. The van der Waals surface area contributed by atoms with Gasteiger partial charge in [0.05, 0.1) is 11.8 Å². The third kappa shape index (κ3) is 3.13. The predicted molar refractivity (Wildman–Crippen MR) is 71.8 cm³/mol. The molecule has 1 aliphatic rings. The number of aliphatic carboxylic acids is 1. The molecule has 102 valence electrons. The Hall–Kier alpha value is -1.84. The number of hydrogen-bond acceptors (Lipinski definition) is 2. The molecule has 4 nitrogen and oxygen atoms in total. The first-order chi connectivity index (χ1) is 8.89. The van der Waals surface area contributed by atoms with Crippen molar-refractivity contribution in [2.75, 3.05) is 0 Å². The summed E-state index contributed by atoms with van der Waals surface area (Å²) in [5.41, 5.74) is 1.48. The van der Waals surface area contributed by atoms with E-state index >= 15 is 0 Å². The summed E-state index contributed by atoms with van der Waals surface area (Å²) in [6.45, 7) is 3.73. The molecule has 0 radical (unpaired) electrons.